The number of nitrogens with one attached hydrogen (secondary N) is 2. The second kappa shape index (κ2) is 10.7. The smallest absolute Gasteiger partial charge is 0.255 e. The Kier molecular flexibility index (Phi) is 7.18. The fourth-order valence-electron chi connectivity index (χ4n) is 5.29. The molecule has 9 nitrogen and oxygen atoms in total. The van der Waals surface area contributed by atoms with Crippen molar-refractivity contribution in [3.8, 4) is 5.75 Å². The van der Waals surface area contributed by atoms with E-state index < -0.39 is 11.9 Å². The topological polar surface area (TPSA) is 108 Å². The van der Waals surface area contributed by atoms with Crippen molar-refractivity contribution in [1.29, 1.82) is 0 Å². The normalized spacial score (nSPS) is 21.6. The van der Waals surface area contributed by atoms with Gasteiger partial charge in [-0.2, -0.15) is 0 Å². The average molecular weight is 509 g/mol. The zero-order chi connectivity index (χ0) is 25.9. The van der Waals surface area contributed by atoms with Crippen LogP contribution in [-0.4, -0.2) is 65.2 Å². The van der Waals surface area contributed by atoms with Crippen LogP contribution in [0, 0.1) is 5.82 Å². The van der Waals surface area contributed by atoms with Crippen LogP contribution >= 0.6 is 0 Å². The lowest BCUT2D eigenvalue weighted by Gasteiger charge is -2.29. The monoisotopic (exact) mass is 508 g/mol. The minimum atomic E-state index is -0.668. The molecular weight excluding hydrogens is 479 g/mol. The van der Waals surface area contributed by atoms with Gasteiger partial charge in [0.05, 0.1) is 19.2 Å². The molecule has 0 bridgehead atoms. The molecule has 0 saturated carbocycles. The molecule has 3 aliphatic rings. The summed E-state index contributed by atoms with van der Waals surface area (Å²) >= 11 is 0. The number of nitrogens with zero attached hydrogens (tertiary/aromatic N) is 2. The fraction of sp³-hybridized carbons (Fsp3) is 0.407. The highest BCUT2D eigenvalue weighted by atomic mass is 19.1. The molecule has 2 N–H and O–H groups in total. The summed E-state index contributed by atoms with van der Waals surface area (Å²) in [6.45, 7) is 2.16. The van der Waals surface area contributed by atoms with Crippen LogP contribution < -0.4 is 15.4 Å². The summed E-state index contributed by atoms with van der Waals surface area (Å²) in [5, 5.41) is 5.18. The molecule has 0 aromatic heterocycles. The number of carbonyl (C=O) groups is 4. The molecule has 0 aliphatic carbocycles. The summed E-state index contributed by atoms with van der Waals surface area (Å²) in [4.78, 5) is 53.2. The number of piperidine rings is 1. The van der Waals surface area contributed by atoms with Crippen LogP contribution in [0.25, 0.3) is 0 Å². The maximum atomic E-state index is 13.1. The van der Waals surface area contributed by atoms with Gasteiger partial charge in [0.15, 0.2) is 0 Å². The number of amides is 4. The van der Waals surface area contributed by atoms with E-state index in [4.69, 9.17) is 4.74 Å². The Morgan fingerprint density at radius 3 is 2.70 bits per heavy atom. The van der Waals surface area contributed by atoms with Crippen LogP contribution in [0.3, 0.4) is 0 Å². The lowest BCUT2D eigenvalue weighted by molar-refractivity contribution is -0.137. The fourth-order valence-corrected chi connectivity index (χ4v) is 5.29. The Hall–Kier alpha value is -3.79. The van der Waals surface area contributed by atoms with Gasteiger partial charge in [-0.1, -0.05) is 6.07 Å². The number of ether oxygens (including phenoxy) is 1. The first-order valence-electron chi connectivity index (χ1n) is 12.6. The number of halogens is 1. The van der Waals surface area contributed by atoms with Gasteiger partial charge < -0.3 is 15.0 Å². The van der Waals surface area contributed by atoms with Crippen LogP contribution in [0.5, 0.6) is 5.75 Å². The zero-order valence-corrected chi connectivity index (χ0v) is 20.4. The van der Waals surface area contributed by atoms with E-state index in [2.05, 4.69) is 15.5 Å². The first kappa shape index (κ1) is 24.9. The average Bonchev–Trinajstić information content (AvgIpc) is 3.48. The Balaban J connectivity index is 1.14. The van der Waals surface area contributed by atoms with E-state index in [0.29, 0.717) is 43.0 Å². The molecule has 3 aliphatic heterocycles. The summed E-state index contributed by atoms with van der Waals surface area (Å²) < 4.78 is 19.2. The largest absolute Gasteiger partial charge is 0.493 e. The van der Waals surface area contributed by atoms with E-state index in [0.717, 1.165) is 24.9 Å². The molecule has 2 saturated heterocycles. The van der Waals surface area contributed by atoms with Gasteiger partial charge in [-0.3, -0.25) is 29.4 Å². The molecule has 3 heterocycles. The van der Waals surface area contributed by atoms with E-state index in [1.807, 2.05) is 6.07 Å². The van der Waals surface area contributed by atoms with Gasteiger partial charge >= 0.3 is 0 Å². The number of anilines is 1. The third-order valence-corrected chi connectivity index (χ3v) is 7.16. The highest BCUT2D eigenvalue weighted by Gasteiger charge is 2.40. The first-order valence-corrected chi connectivity index (χ1v) is 12.6. The number of likely N-dealkylation sites (tertiary alicyclic amines) is 1. The predicted octanol–water partition coefficient (Wildman–Crippen LogP) is 2.46. The van der Waals surface area contributed by atoms with Gasteiger partial charge in [0.2, 0.25) is 17.7 Å². The summed E-state index contributed by atoms with van der Waals surface area (Å²) in [6, 6.07) is 10.1. The van der Waals surface area contributed by atoms with E-state index >= 15 is 0 Å². The number of carbonyl (C=O) groups excluding carboxylic acids is 4. The predicted molar refractivity (Wildman–Crippen MR) is 132 cm³/mol. The Morgan fingerprint density at radius 1 is 1.11 bits per heavy atom. The highest BCUT2D eigenvalue weighted by molar-refractivity contribution is 6.05. The third-order valence-electron chi connectivity index (χ3n) is 7.16. The lowest BCUT2D eigenvalue weighted by atomic mass is 10.0. The van der Waals surface area contributed by atoms with Crippen LogP contribution in [0.15, 0.2) is 42.5 Å². The number of rotatable bonds is 8. The van der Waals surface area contributed by atoms with Crippen molar-refractivity contribution in [2.24, 2.45) is 0 Å². The molecule has 4 amide bonds. The molecule has 37 heavy (non-hydrogen) atoms. The van der Waals surface area contributed by atoms with Crippen LogP contribution in [0.1, 0.15) is 48.0 Å². The standard InChI is InChI=1S/C27H29FN4O5/c28-17-7-9-18(10-8-17)29-25(34)21-5-2-13-31(21)14-3-15-37-23-6-1-4-19-20(23)16-32(27(19)36)22-11-12-24(33)30-26(22)35/h1,4,6-10,21-22H,2-3,5,11-16H2,(H,29,34)(H,30,33,35)/t21-,22?/m1/s1. The number of fused-ring (bicyclic) bond motifs is 1. The molecule has 2 aromatic carbocycles. The van der Waals surface area contributed by atoms with E-state index in [9.17, 15) is 23.6 Å². The van der Waals surface area contributed by atoms with Crippen LogP contribution in [-0.2, 0) is 20.9 Å². The van der Waals surface area contributed by atoms with E-state index in [-0.39, 0.29) is 42.5 Å². The van der Waals surface area contributed by atoms with E-state index in [1.165, 1.54) is 17.0 Å². The van der Waals surface area contributed by atoms with Gasteiger partial charge in [0.25, 0.3) is 5.91 Å². The molecule has 2 atom stereocenters. The highest BCUT2D eigenvalue weighted by Crippen LogP contribution is 2.33. The molecular formula is C27H29FN4O5. The Labute approximate surface area is 213 Å². The maximum Gasteiger partial charge on any atom is 0.255 e. The van der Waals surface area contributed by atoms with Crippen LogP contribution in [0.4, 0.5) is 10.1 Å². The van der Waals surface area contributed by atoms with Crippen molar-refractivity contribution in [2.75, 3.05) is 25.0 Å². The van der Waals surface area contributed by atoms with Gasteiger partial charge in [0, 0.05) is 29.8 Å². The molecule has 0 radical (unpaired) electrons. The van der Waals surface area contributed by atoms with Crippen molar-refractivity contribution in [3.05, 3.63) is 59.4 Å². The van der Waals surface area contributed by atoms with E-state index in [1.54, 1.807) is 24.3 Å². The molecule has 194 valence electrons. The Morgan fingerprint density at radius 2 is 1.92 bits per heavy atom. The summed E-state index contributed by atoms with van der Waals surface area (Å²) in [6.07, 6.45) is 2.89. The number of imide groups is 1. The van der Waals surface area contributed by atoms with Crippen molar-refractivity contribution < 1.29 is 28.3 Å². The minimum Gasteiger partial charge on any atom is -0.493 e. The molecule has 2 fully saturated rings. The number of benzene rings is 2. The van der Waals surface area contributed by atoms with Crippen molar-refractivity contribution >= 4 is 29.3 Å². The quantitative estimate of drug-likeness (QED) is 0.419. The molecule has 1 unspecified atom stereocenters. The Bertz CT molecular complexity index is 1220. The molecule has 5 rings (SSSR count). The summed E-state index contributed by atoms with van der Waals surface area (Å²) in [5.74, 6) is -0.837. The molecule has 10 heteroatoms. The maximum absolute atomic E-state index is 13.1. The zero-order valence-electron chi connectivity index (χ0n) is 20.4. The van der Waals surface area contributed by atoms with Gasteiger partial charge in [-0.25, -0.2) is 4.39 Å². The van der Waals surface area contributed by atoms with Crippen molar-refractivity contribution in [2.45, 2.75) is 50.7 Å². The summed E-state index contributed by atoms with van der Waals surface area (Å²) in [5.41, 5.74) is 1.83. The second-order valence-corrected chi connectivity index (χ2v) is 9.57. The minimum absolute atomic E-state index is 0.0991. The molecule has 2 aromatic rings. The number of hydrogen-bond donors (Lipinski definition) is 2. The second-order valence-electron chi connectivity index (χ2n) is 9.57. The van der Waals surface area contributed by atoms with Gasteiger partial charge in [-0.15, -0.1) is 0 Å². The van der Waals surface area contributed by atoms with Crippen molar-refractivity contribution in [1.82, 2.24) is 15.1 Å². The SMILES string of the molecule is O=C1CCC(N2Cc3c(OCCCN4CCC[C@@H]4C(=O)Nc4ccc(F)cc4)cccc3C2=O)C(=O)N1. The van der Waals surface area contributed by atoms with Gasteiger partial charge in [-0.05, 0) is 68.6 Å². The number of hydrogen-bond acceptors (Lipinski definition) is 6. The molecule has 0 spiro atoms. The van der Waals surface area contributed by atoms with Gasteiger partial charge in [0.1, 0.15) is 17.6 Å². The lowest BCUT2D eigenvalue weighted by Crippen LogP contribution is -2.52. The van der Waals surface area contributed by atoms with Crippen molar-refractivity contribution in [3.63, 3.8) is 0 Å². The third kappa shape index (κ3) is 5.34. The first-order chi connectivity index (χ1) is 17.9. The van der Waals surface area contributed by atoms with Crippen LogP contribution in [0.2, 0.25) is 0 Å². The summed E-state index contributed by atoms with van der Waals surface area (Å²) in [7, 11) is 0.